The molecule has 0 aliphatic heterocycles. The van der Waals surface area contributed by atoms with E-state index >= 15 is 0 Å². The van der Waals surface area contributed by atoms with Gasteiger partial charge < -0.3 is 14.8 Å². The molecule has 0 fully saturated rings. The lowest BCUT2D eigenvalue weighted by atomic mass is 10.3. The van der Waals surface area contributed by atoms with Gasteiger partial charge in [0.25, 0.3) is 6.43 Å². The van der Waals surface area contributed by atoms with Crippen LogP contribution >= 0.6 is 11.3 Å². The molecule has 1 heterocycles. The summed E-state index contributed by atoms with van der Waals surface area (Å²) in [6, 6.07) is 1.56. The summed E-state index contributed by atoms with van der Waals surface area (Å²) in [5.74, 6) is -0.961. The van der Waals surface area contributed by atoms with Crippen molar-refractivity contribution in [1.29, 1.82) is 0 Å². The zero-order valence-corrected chi connectivity index (χ0v) is 11.0. The number of alkyl halides is 2. The Hall–Kier alpha value is -1.54. The minimum Gasteiger partial charge on any atom is -0.465 e. The number of amides is 1. The average Bonchev–Trinajstić information content (AvgIpc) is 2.81. The Balaban J connectivity index is 2.40. The molecule has 0 aliphatic carbocycles. The number of esters is 1. The monoisotopic (exact) mass is 293 g/mol. The topological polar surface area (TPSA) is 64.6 Å². The van der Waals surface area contributed by atoms with E-state index in [1.54, 1.807) is 11.4 Å². The van der Waals surface area contributed by atoms with Crippen LogP contribution in [0.5, 0.6) is 0 Å². The molecular weight excluding hydrogens is 280 g/mol. The number of hydrogen-bond donors (Lipinski definition) is 1. The van der Waals surface area contributed by atoms with Crippen LogP contribution in [0.1, 0.15) is 16.1 Å². The van der Waals surface area contributed by atoms with Gasteiger partial charge in [-0.3, -0.25) is 4.79 Å². The highest BCUT2D eigenvalue weighted by Crippen LogP contribution is 2.23. The van der Waals surface area contributed by atoms with Crippen molar-refractivity contribution in [3.63, 3.8) is 0 Å². The van der Waals surface area contributed by atoms with Gasteiger partial charge in [0.15, 0.2) is 0 Å². The molecular formula is C11H13F2NO4S. The van der Waals surface area contributed by atoms with Crippen molar-refractivity contribution in [1.82, 2.24) is 0 Å². The van der Waals surface area contributed by atoms with Gasteiger partial charge in [0.05, 0.1) is 25.8 Å². The van der Waals surface area contributed by atoms with E-state index in [2.05, 4.69) is 14.8 Å². The highest BCUT2D eigenvalue weighted by atomic mass is 32.1. The number of hydrogen-bond acceptors (Lipinski definition) is 5. The maximum atomic E-state index is 11.8. The van der Waals surface area contributed by atoms with Gasteiger partial charge in [0.2, 0.25) is 5.91 Å². The highest BCUT2D eigenvalue weighted by molar-refractivity contribution is 7.12. The fourth-order valence-electron chi connectivity index (χ4n) is 1.21. The van der Waals surface area contributed by atoms with Crippen molar-refractivity contribution < 1.29 is 27.8 Å². The largest absolute Gasteiger partial charge is 0.465 e. The smallest absolute Gasteiger partial charge is 0.350 e. The van der Waals surface area contributed by atoms with Crippen LogP contribution in [0.4, 0.5) is 14.5 Å². The quantitative estimate of drug-likeness (QED) is 0.618. The minimum atomic E-state index is -2.55. The van der Waals surface area contributed by atoms with Crippen LogP contribution in [-0.4, -0.2) is 38.6 Å². The van der Waals surface area contributed by atoms with Gasteiger partial charge in [-0.1, -0.05) is 0 Å². The molecule has 0 bridgehead atoms. The SMILES string of the molecule is COC(=O)c1sccc1NC(=O)CCOCC(F)F. The van der Waals surface area contributed by atoms with E-state index in [4.69, 9.17) is 0 Å². The van der Waals surface area contributed by atoms with Crippen molar-refractivity contribution in [2.45, 2.75) is 12.8 Å². The molecule has 0 aliphatic rings. The van der Waals surface area contributed by atoms with Gasteiger partial charge in [-0.25, -0.2) is 13.6 Å². The Kier molecular flexibility index (Phi) is 6.37. The second-order valence-corrected chi connectivity index (χ2v) is 4.34. The summed E-state index contributed by atoms with van der Waals surface area (Å²) in [6.07, 6.45) is -2.62. The number of carbonyl (C=O) groups excluding carboxylic acids is 2. The van der Waals surface area contributed by atoms with E-state index in [1.807, 2.05) is 0 Å². The van der Waals surface area contributed by atoms with Crippen molar-refractivity contribution in [2.75, 3.05) is 25.6 Å². The summed E-state index contributed by atoms with van der Waals surface area (Å²) in [4.78, 5) is 23.1. The highest BCUT2D eigenvalue weighted by Gasteiger charge is 2.15. The number of halogens is 2. The molecule has 19 heavy (non-hydrogen) atoms. The van der Waals surface area contributed by atoms with Gasteiger partial charge in [-0.15, -0.1) is 11.3 Å². The second kappa shape index (κ2) is 7.80. The summed E-state index contributed by atoms with van der Waals surface area (Å²) in [7, 11) is 1.24. The molecule has 0 saturated carbocycles. The van der Waals surface area contributed by atoms with E-state index in [9.17, 15) is 18.4 Å². The lowest BCUT2D eigenvalue weighted by molar-refractivity contribution is -0.117. The molecule has 1 amide bonds. The van der Waals surface area contributed by atoms with E-state index in [-0.39, 0.29) is 17.9 Å². The number of anilines is 1. The van der Waals surface area contributed by atoms with Crippen LogP contribution in [0.25, 0.3) is 0 Å². The summed E-state index contributed by atoms with van der Waals surface area (Å²) < 4.78 is 32.7. The maximum absolute atomic E-state index is 11.8. The van der Waals surface area contributed by atoms with Crippen molar-refractivity contribution >= 4 is 28.9 Å². The Morgan fingerprint density at radius 3 is 2.84 bits per heavy atom. The van der Waals surface area contributed by atoms with Gasteiger partial charge in [-0.2, -0.15) is 0 Å². The molecule has 0 spiro atoms. The van der Waals surface area contributed by atoms with Crippen LogP contribution < -0.4 is 5.32 Å². The average molecular weight is 293 g/mol. The lowest BCUT2D eigenvalue weighted by Gasteiger charge is -2.06. The van der Waals surface area contributed by atoms with Crippen molar-refractivity contribution in [2.24, 2.45) is 0 Å². The molecule has 0 atom stereocenters. The molecule has 5 nitrogen and oxygen atoms in total. The summed E-state index contributed by atoms with van der Waals surface area (Å²) in [5.41, 5.74) is 0.343. The molecule has 1 rings (SSSR count). The standard InChI is InChI=1S/C11H13F2NO4S/c1-17-11(16)10-7(3-5-19-10)14-9(15)2-4-18-6-8(12)13/h3,5,8H,2,4,6H2,1H3,(H,14,15). The van der Waals surface area contributed by atoms with E-state index in [0.29, 0.717) is 5.69 Å². The number of nitrogens with one attached hydrogen (secondary N) is 1. The third-order valence-electron chi connectivity index (χ3n) is 2.03. The first kappa shape index (κ1) is 15.5. The maximum Gasteiger partial charge on any atom is 0.350 e. The minimum absolute atomic E-state index is 0.0663. The molecule has 0 saturated heterocycles. The zero-order valence-electron chi connectivity index (χ0n) is 10.2. The third-order valence-corrected chi connectivity index (χ3v) is 2.92. The normalized spacial score (nSPS) is 10.5. The zero-order chi connectivity index (χ0) is 14.3. The Bertz CT molecular complexity index is 436. The Morgan fingerprint density at radius 2 is 2.21 bits per heavy atom. The Labute approximate surface area is 112 Å². The Morgan fingerprint density at radius 1 is 1.47 bits per heavy atom. The molecule has 1 aromatic heterocycles. The van der Waals surface area contributed by atoms with Gasteiger partial charge in [0.1, 0.15) is 11.5 Å². The summed E-state index contributed by atoms with van der Waals surface area (Å²) in [6.45, 7) is -0.799. The van der Waals surface area contributed by atoms with Crippen LogP contribution in [0, 0.1) is 0 Å². The lowest BCUT2D eigenvalue weighted by Crippen LogP contribution is -2.16. The fourth-order valence-corrected chi connectivity index (χ4v) is 1.97. The molecule has 0 radical (unpaired) electrons. The first-order chi connectivity index (χ1) is 9.04. The van der Waals surface area contributed by atoms with Crippen molar-refractivity contribution in [3.05, 3.63) is 16.3 Å². The first-order valence-corrected chi connectivity index (χ1v) is 6.24. The van der Waals surface area contributed by atoms with Crippen LogP contribution in [-0.2, 0) is 14.3 Å². The van der Waals surface area contributed by atoms with Gasteiger partial charge in [-0.05, 0) is 11.4 Å². The van der Waals surface area contributed by atoms with Gasteiger partial charge in [0, 0.05) is 0 Å². The predicted octanol–water partition coefficient (Wildman–Crippen LogP) is 2.15. The number of rotatable bonds is 7. The van der Waals surface area contributed by atoms with Crippen LogP contribution in [0.2, 0.25) is 0 Å². The number of ether oxygens (including phenoxy) is 2. The predicted molar refractivity (Wildman–Crippen MR) is 65.7 cm³/mol. The van der Waals surface area contributed by atoms with Crippen molar-refractivity contribution in [3.8, 4) is 0 Å². The fraction of sp³-hybridized carbons (Fsp3) is 0.455. The second-order valence-electron chi connectivity index (χ2n) is 3.42. The molecule has 1 aromatic rings. The molecule has 8 heteroatoms. The van der Waals surface area contributed by atoms with Gasteiger partial charge >= 0.3 is 5.97 Å². The number of thiophene rings is 1. The summed E-state index contributed by atoms with van der Waals surface area (Å²) >= 11 is 1.14. The van der Waals surface area contributed by atoms with Crippen LogP contribution in [0.3, 0.4) is 0 Å². The first-order valence-electron chi connectivity index (χ1n) is 5.36. The third kappa shape index (κ3) is 5.31. The van der Waals surface area contributed by atoms with Crippen LogP contribution in [0.15, 0.2) is 11.4 Å². The summed E-state index contributed by atoms with van der Waals surface area (Å²) in [5, 5.41) is 4.13. The molecule has 0 aromatic carbocycles. The van der Waals surface area contributed by atoms with E-state index in [1.165, 1.54) is 7.11 Å². The van der Waals surface area contributed by atoms with E-state index < -0.39 is 24.9 Å². The number of methoxy groups -OCH3 is 1. The number of carbonyl (C=O) groups is 2. The molecule has 0 unspecified atom stereocenters. The molecule has 106 valence electrons. The molecule has 1 N–H and O–H groups in total. The van der Waals surface area contributed by atoms with E-state index in [0.717, 1.165) is 11.3 Å².